The van der Waals surface area contributed by atoms with Crippen LogP contribution in [-0.4, -0.2) is 107 Å². The van der Waals surface area contributed by atoms with Crippen LogP contribution in [0.25, 0.3) is 0 Å². The van der Waals surface area contributed by atoms with Gasteiger partial charge < -0.3 is 24.4 Å². The van der Waals surface area contributed by atoms with E-state index in [2.05, 4.69) is 25.3 Å². The molecule has 1 aromatic heterocycles. The fraction of sp³-hybridized carbons (Fsp3) is 0.800. The largest absolute Gasteiger partial charge is 0.385 e. The van der Waals surface area contributed by atoms with Crippen LogP contribution < -0.4 is 5.32 Å². The van der Waals surface area contributed by atoms with Gasteiger partial charge in [0.2, 0.25) is 5.91 Å². The van der Waals surface area contributed by atoms with Gasteiger partial charge in [0.25, 0.3) is 0 Å². The van der Waals surface area contributed by atoms with E-state index in [-0.39, 0.29) is 5.91 Å². The number of likely N-dealkylation sites (tertiary alicyclic amines) is 1. The average Bonchev–Trinajstić information content (AvgIpc) is 3.40. The lowest BCUT2D eigenvalue weighted by molar-refractivity contribution is -0.131. The summed E-state index contributed by atoms with van der Waals surface area (Å²) in [6, 6.07) is 0. The summed E-state index contributed by atoms with van der Waals surface area (Å²) in [7, 11) is 3.68. The van der Waals surface area contributed by atoms with Crippen molar-refractivity contribution in [2.24, 2.45) is 12.0 Å². The van der Waals surface area contributed by atoms with E-state index in [4.69, 9.17) is 9.73 Å². The van der Waals surface area contributed by atoms with Crippen LogP contribution in [0.1, 0.15) is 30.9 Å². The number of amides is 1. The second kappa shape index (κ2) is 11.3. The number of hydrogen-bond donors (Lipinski definition) is 1. The number of carbonyl (C=O) groups excluding carboxylic acids is 1. The van der Waals surface area contributed by atoms with E-state index in [1.54, 1.807) is 7.11 Å². The highest BCUT2D eigenvalue weighted by Gasteiger charge is 2.24. The Kier molecular flexibility index (Phi) is 8.44. The maximum Gasteiger partial charge on any atom is 0.236 e. The summed E-state index contributed by atoms with van der Waals surface area (Å²) in [5.74, 6) is 2.88. The number of aryl methyl sites for hydroxylation is 1. The molecule has 3 rings (SSSR count). The van der Waals surface area contributed by atoms with Gasteiger partial charge in [0.15, 0.2) is 11.8 Å². The fourth-order valence-corrected chi connectivity index (χ4v) is 3.79. The van der Waals surface area contributed by atoms with Crippen LogP contribution >= 0.6 is 0 Å². The number of carbonyl (C=O) groups is 1. The molecule has 30 heavy (non-hydrogen) atoms. The van der Waals surface area contributed by atoms with E-state index in [9.17, 15) is 4.79 Å². The van der Waals surface area contributed by atoms with Crippen LogP contribution in [0.4, 0.5) is 0 Å². The molecule has 0 bridgehead atoms. The van der Waals surface area contributed by atoms with Crippen molar-refractivity contribution in [2.45, 2.75) is 32.7 Å². The van der Waals surface area contributed by atoms with E-state index in [0.29, 0.717) is 13.1 Å². The van der Waals surface area contributed by atoms with Gasteiger partial charge in [-0.1, -0.05) is 0 Å². The molecule has 2 aliphatic heterocycles. The smallest absolute Gasteiger partial charge is 0.236 e. The van der Waals surface area contributed by atoms with Gasteiger partial charge in [-0.15, -0.1) is 10.2 Å². The van der Waals surface area contributed by atoms with Crippen molar-refractivity contribution in [3.8, 4) is 0 Å². The van der Waals surface area contributed by atoms with Crippen molar-refractivity contribution in [3.05, 3.63) is 11.6 Å². The van der Waals surface area contributed by atoms with E-state index in [1.807, 2.05) is 23.4 Å². The molecule has 0 atom stereocenters. The third kappa shape index (κ3) is 6.15. The average molecular weight is 421 g/mol. The van der Waals surface area contributed by atoms with Crippen molar-refractivity contribution < 1.29 is 9.53 Å². The van der Waals surface area contributed by atoms with Crippen molar-refractivity contribution in [3.63, 3.8) is 0 Å². The van der Waals surface area contributed by atoms with Gasteiger partial charge in [-0.25, -0.2) is 4.99 Å². The Hall–Kier alpha value is -2.20. The standard InChI is InChI=1S/C20H36N8O2/c1-17-23-24-18(25(17)2)15-22-20(21-7-6-14-30-3)28-12-10-26(11-13-28)16-19(29)27-8-4-5-9-27/h4-16H2,1-3H3,(H,21,22). The first-order valence-electron chi connectivity index (χ1n) is 11.0. The summed E-state index contributed by atoms with van der Waals surface area (Å²) in [6.45, 7) is 9.73. The van der Waals surface area contributed by atoms with Gasteiger partial charge >= 0.3 is 0 Å². The topological polar surface area (TPSA) is 91.1 Å². The van der Waals surface area contributed by atoms with Crippen molar-refractivity contribution in [1.82, 2.24) is 34.8 Å². The van der Waals surface area contributed by atoms with Crippen LogP contribution in [0.3, 0.4) is 0 Å². The molecular formula is C20H36N8O2. The molecule has 168 valence electrons. The van der Waals surface area contributed by atoms with Crippen LogP contribution in [-0.2, 0) is 23.1 Å². The number of hydrogen-bond acceptors (Lipinski definition) is 6. The normalized spacial score (nSPS) is 18.3. The Labute approximate surface area is 179 Å². The van der Waals surface area contributed by atoms with Crippen LogP contribution in [0, 0.1) is 6.92 Å². The Morgan fingerprint density at radius 3 is 2.47 bits per heavy atom. The lowest BCUT2D eigenvalue weighted by Gasteiger charge is -2.36. The van der Waals surface area contributed by atoms with E-state index < -0.39 is 0 Å². The van der Waals surface area contributed by atoms with Crippen molar-refractivity contribution in [2.75, 3.05) is 66.1 Å². The molecule has 0 aliphatic carbocycles. The number of aliphatic imine (C=N–C) groups is 1. The first kappa shape index (κ1) is 22.5. The molecule has 1 aromatic rings. The molecular weight excluding hydrogens is 384 g/mol. The minimum atomic E-state index is 0.269. The fourth-order valence-electron chi connectivity index (χ4n) is 3.79. The molecule has 0 radical (unpaired) electrons. The third-order valence-electron chi connectivity index (χ3n) is 5.85. The summed E-state index contributed by atoms with van der Waals surface area (Å²) in [4.78, 5) is 23.8. The third-order valence-corrected chi connectivity index (χ3v) is 5.85. The second-order valence-electron chi connectivity index (χ2n) is 7.99. The van der Waals surface area contributed by atoms with Crippen LogP contribution in [0.5, 0.6) is 0 Å². The van der Waals surface area contributed by atoms with Gasteiger partial charge in [0.05, 0.1) is 6.54 Å². The summed E-state index contributed by atoms with van der Waals surface area (Å²) < 4.78 is 7.12. The molecule has 2 aliphatic rings. The molecule has 1 amide bonds. The van der Waals surface area contributed by atoms with E-state index in [0.717, 1.165) is 89.3 Å². The van der Waals surface area contributed by atoms with Gasteiger partial charge in [-0.3, -0.25) is 9.69 Å². The number of piperazine rings is 1. The highest BCUT2D eigenvalue weighted by molar-refractivity contribution is 5.80. The maximum absolute atomic E-state index is 12.4. The molecule has 2 saturated heterocycles. The van der Waals surface area contributed by atoms with Gasteiger partial charge in [-0.05, 0) is 26.2 Å². The monoisotopic (exact) mass is 420 g/mol. The number of nitrogens with one attached hydrogen (secondary N) is 1. The molecule has 10 nitrogen and oxygen atoms in total. The molecule has 2 fully saturated rings. The highest BCUT2D eigenvalue weighted by atomic mass is 16.5. The zero-order chi connectivity index (χ0) is 21.3. The number of ether oxygens (including phenoxy) is 1. The van der Waals surface area contributed by atoms with Gasteiger partial charge in [0, 0.05) is 66.6 Å². The van der Waals surface area contributed by atoms with E-state index in [1.165, 1.54) is 0 Å². The molecule has 0 spiro atoms. The summed E-state index contributed by atoms with van der Waals surface area (Å²) in [6.07, 6.45) is 3.20. The first-order valence-corrected chi connectivity index (χ1v) is 11.0. The molecule has 0 aromatic carbocycles. The van der Waals surface area contributed by atoms with Crippen LogP contribution in [0.15, 0.2) is 4.99 Å². The zero-order valence-corrected chi connectivity index (χ0v) is 18.6. The lowest BCUT2D eigenvalue weighted by Crippen LogP contribution is -2.54. The molecule has 3 heterocycles. The molecule has 10 heteroatoms. The Balaban J connectivity index is 1.54. The molecule has 0 saturated carbocycles. The number of rotatable bonds is 8. The molecule has 0 unspecified atom stereocenters. The minimum absolute atomic E-state index is 0.269. The van der Waals surface area contributed by atoms with Crippen molar-refractivity contribution in [1.29, 1.82) is 0 Å². The Morgan fingerprint density at radius 2 is 1.83 bits per heavy atom. The van der Waals surface area contributed by atoms with E-state index >= 15 is 0 Å². The highest BCUT2D eigenvalue weighted by Crippen LogP contribution is 2.10. The molecule has 1 N–H and O–H groups in total. The number of nitrogens with zero attached hydrogens (tertiary/aromatic N) is 7. The SMILES string of the molecule is COCCCNC(=NCc1nnc(C)n1C)N1CCN(CC(=O)N2CCCC2)CC1. The van der Waals surface area contributed by atoms with Crippen molar-refractivity contribution >= 4 is 11.9 Å². The predicted octanol–water partition coefficient (Wildman–Crippen LogP) is -0.154. The zero-order valence-electron chi connectivity index (χ0n) is 18.6. The second-order valence-corrected chi connectivity index (χ2v) is 7.99. The van der Waals surface area contributed by atoms with Gasteiger partial charge in [0.1, 0.15) is 12.4 Å². The summed E-state index contributed by atoms with van der Waals surface area (Å²) >= 11 is 0. The summed E-state index contributed by atoms with van der Waals surface area (Å²) in [5, 5.41) is 11.8. The minimum Gasteiger partial charge on any atom is -0.385 e. The lowest BCUT2D eigenvalue weighted by atomic mass is 10.3. The number of guanidine groups is 1. The maximum atomic E-state index is 12.4. The number of aromatic nitrogens is 3. The Bertz CT molecular complexity index is 706. The predicted molar refractivity (Wildman–Crippen MR) is 115 cm³/mol. The quantitative estimate of drug-likeness (QED) is 0.355. The number of methoxy groups -OCH3 is 1. The first-order chi connectivity index (χ1) is 14.6. The summed E-state index contributed by atoms with van der Waals surface area (Å²) in [5.41, 5.74) is 0. The van der Waals surface area contributed by atoms with Crippen LogP contribution in [0.2, 0.25) is 0 Å². The van der Waals surface area contributed by atoms with Gasteiger partial charge in [-0.2, -0.15) is 0 Å². The Morgan fingerprint density at radius 1 is 1.10 bits per heavy atom.